The zero-order valence-electron chi connectivity index (χ0n) is 20.0. The molecule has 0 unspecified atom stereocenters. The number of carbonyl (C=O) groups is 1. The molecular weight excluding hydrogens is 528 g/mol. The van der Waals surface area contributed by atoms with Gasteiger partial charge < -0.3 is 10.1 Å². The summed E-state index contributed by atoms with van der Waals surface area (Å²) in [5, 5.41) is 10.7. The van der Waals surface area contributed by atoms with E-state index in [1.165, 1.54) is 42.5 Å². The Bertz CT molecular complexity index is 1640. The van der Waals surface area contributed by atoms with Crippen molar-refractivity contribution in [3.8, 4) is 5.69 Å². The van der Waals surface area contributed by atoms with Gasteiger partial charge in [-0.2, -0.15) is 4.73 Å². The molecular formula is C25H20F4N4O4S. The summed E-state index contributed by atoms with van der Waals surface area (Å²) in [6, 6.07) is 7.11. The number of imidazole rings is 1. The lowest BCUT2D eigenvalue weighted by molar-refractivity contribution is -0.605. The summed E-state index contributed by atoms with van der Waals surface area (Å²) < 4.78 is 83.9. The molecule has 0 bridgehead atoms. The molecule has 0 spiro atoms. The first-order valence-electron chi connectivity index (χ1n) is 11.0. The smallest absolute Gasteiger partial charge is 0.272 e. The number of halogens is 4. The first-order valence-corrected chi connectivity index (χ1v) is 12.7. The molecule has 2 aromatic carbocycles. The summed E-state index contributed by atoms with van der Waals surface area (Å²) >= 11 is 0. The van der Waals surface area contributed by atoms with Crippen LogP contribution in [0.25, 0.3) is 5.69 Å². The Morgan fingerprint density at radius 3 is 2.37 bits per heavy atom. The van der Waals surface area contributed by atoms with Crippen molar-refractivity contribution in [1.82, 2.24) is 14.5 Å². The zero-order valence-corrected chi connectivity index (χ0v) is 20.8. The fourth-order valence-electron chi connectivity index (χ4n) is 3.81. The van der Waals surface area contributed by atoms with Crippen molar-refractivity contribution in [1.29, 1.82) is 0 Å². The molecule has 198 valence electrons. The summed E-state index contributed by atoms with van der Waals surface area (Å²) in [4.78, 5) is 18.5. The lowest BCUT2D eigenvalue weighted by Gasteiger charge is -2.20. The molecule has 0 N–H and O–H groups in total. The second-order valence-corrected chi connectivity index (χ2v) is 10.4. The summed E-state index contributed by atoms with van der Waals surface area (Å²) in [5.74, 6) is -6.99. The molecule has 0 saturated carbocycles. The van der Waals surface area contributed by atoms with Gasteiger partial charge in [-0.05, 0) is 48.9 Å². The number of hydrogen-bond acceptors (Lipinski definition) is 5. The zero-order chi connectivity index (χ0) is 27.8. The van der Waals surface area contributed by atoms with E-state index in [2.05, 4.69) is 4.98 Å². The van der Waals surface area contributed by atoms with E-state index in [4.69, 9.17) is 0 Å². The highest BCUT2D eigenvalue weighted by molar-refractivity contribution is 7.90. The number of nitrogens with zero attached hydrogens (tertiary/aromatic N) is 4. The maximum Gasteiger partial charge on any atom is 0.272 e. The molecule has 0 aliphatic carbocycles. The number of pyridine rings is 1. The highest BCUT2D eigenvalue weighted by Crippen LogP contribution is 2.26. The Labute approximate surface area is 214 Å². The second-order valence-electron chi connectivity index (χ2n) is 8.49. The van der Waals surface area contributed by atoms with Crippen molar-refractivity contribution in [3.63, 3.8) is 0 Å². The normalized spacial score (nSPS) is 11.5. The van der Waals surface area contributed by atoms with Crippen LogP contribution < -0.4 is 4.73 Å². The third-order valence-corrected chi connectivity index (χ3v) is 7.30. The summed E-state index contributed by atoms with van der Waals surface area (Å²) in [6.45, 7) is 1.72. The van der Waals surface area contributed by atoms with E-state index in [9.17, 15) is 36.0 Å². The third-order valence-electron chi connectivity index (χ3n) is 5.79. The number of aryl methyl sites for hydroxylation is 1. The predicted octanol–water partition coefficient (Wildman–Crippen LogP) is 3.62. The molecule has 8 nitrogen and oxygen atoms in total. The van der Waals surface area contributed by atoms with Gasteiger partial charge in [0.05, 0.1) is 11.9 Å². The van der Waals surface area contributed by atoms with Crippen LogP contribution in [0.3, 0.4) is 0 Å². The number of benzene rings is 2. The molecule has 0 fully saturated rings. The number of rotatable bonds is 7. The first-order chi connectivity index (χ1) is 17.9. The maximum absolute atomic E-state index is 14.3. The van der Waals surface area contributed by atoms with Crippen LogP contribution in [-0.4, -0.2) is 35.8 Å². The Morgan fingerprint density at radius 1 is 1.05 bits per heavy atom. The standard InChI is InChI=1S/C25H20F4N4O4S/c1-15-12-32(35)10-9-16(15)13-31(2)24(34)22-11-30-25(33(22)18-5-3-17(26)4-6-18)38(36,37)14-19-20(27)7-8-21(28)23(19)29/h3-12H,13-14H2,1-2H3. The Kier molecular flexibility index (Phi) is 7.22. The van der Waals surface area contributed by atoms with Crippen molar-refractivity contribution in [2.24, 2.45) is 0 Å². The first kappa shape index (κ1) is 26.8. The van der Waals surface area contributed by atoms with E-state index in [0.29, 0.717) is 28.0 Å². The summed E-state index contributed by atoms with van der Waals surface area (Å²) in [5.41, 5.74) is 0.00848. The van der Waals surface area contributed by atoms with E-state index in [1.54, 1.807) is 6.92 Å². The van der Waals surface area contributed by atoms with Crippen molar-refractivity contribution >= 4 is 15.7 Å². The Morgan fingerprint density at radius 2 is 1.71 bits per heavy atom. The van der Waals surface area contributed by atoms with Gasteiger partial charge in [0.15, 0.2) is 24.0 Å². The van der Waals surface area contributed by atoms with Gasteiger partial charge in [0.25, 0.3) is 5.91 Å². The van der Waals surface area contributed by atoms with Crippen molar-refractivity contribution in [2.45, 2.75) is 24.4 Å². The minimum Gasteiger partial charge on any atom is -0.619 e. The van der Waals surface area contributed by atoms with E-state index < -0.39 is 55.5 Å². The quantitative estimate of drug-likeness (QED) is 0.152. The highest BCUT2D eigenvalue weighted by Gasteiger charge is 2.31. The van der Waals surface area contributed by atoms with Crippen LogP contribution >= 0.6 is 0 Å². The number of hydrogen-bond donors (Lipinski definition) is 0. The van der Waals surface area contributed by atoms with Crippen molar-refractivity contribution < 1.29 is 35.5 Å². The van der Waals surface area contributed by atoms with Crippen LogP contribution in [-0.2, 0) is 22.1 Å². The molecule has 0 saturated heterocycles. The number of sulfone groups is 1. The lowest BCUT2D eigenvalue weighted by Crippen LogP contribution is -2.30. The minimum absolute atomic E-state index is 0.0303. The second kappa shape index (κ2) is 10.2. The van der Waals surface area contributed by atoms with Gasteiger partial charge in [-0.1, -0.05) is 0 Å². The molecule has 2 heterocycles. The van der Waals surface area contributed by atoms with Crippen LogP contribution in [0.4, 0.5) is 17.6 Å². The Hall–Kier alpha value is -4.26. The van der Waals surface area contributed by atoms with Gasteiger partial charge in [-0.25, -0.2) is 31.0 Å². The summed E-state index contributed by atoms with van der Waals surface area (Å²) in [6.07, 6.45) is 3.56. The fraction of sp³-hybridized carbons (Fsp3) is 0.160. The van der Waals surface area contributed by atoms with Gasteiger partial charge in [0.2, 0.25) is 15.0 Å². The molecule has 4 rings (SSSR count). The van der Waals surface area contributed by atoms with E-state index in [-0.39, 0.29) is 17.9 Å². The van der Waals surface area contributed by atoms with E-state index in [0.717, 1.165) is 22.9 Å². The predicted molar refractivity (Wildman–Crippen MR) is 127 cm³/mol. The van der Waals surface area contributed by atoms with E-state index >= 15 is 0 Å². The van der Waals surface area contributed by atoms with Crippen LogP contribution in [0, 0.1) is 35.4 Å². The van der Waals surface area contributed by atoms with Crippen LogP contribution in [0.2, 0.25) is 0 Å². The van der Waals surface area contributed by atoms with Gasteiger partial charge in [0, 0.05) is 36.5 Å². The van der Waals surface area contributed by atoms with E-state index in [1.807, 2.05) is 0 Å². The van der Waals surface area contributed by atoms with Crippen molar-refractivity contribution in [2.75, 3.05) is 7.05 Å². The van der Waals surface area contributed by atoms with Gasteiger partial charge >= 0.3 is 0 Å². The van der Waals surface area contributed by atoms with Crippen LogP contribution in [0.5, 0.6) is 0 Å². The molecule has 2 aromatic heterocycles. The molecule has 38 heavy (non-hydrogen) atoms. The van der Waals surface area contributed by atoms with Gasteiger partial charge in [-0.3, -0.25) is 9.36 Å². The van der Waals surface area contributed by atoms with Crippen LogP contribution in [0.1, 0.15) is 27.2 Å². The van der Waals surface area contributed by atoms with Gasteiger partial charge in [0.1, 0.15) is 17.3 Å². The number of amides is 1. The minimum atomic E-state index is -4.67. The topological polar surface area (TPSA) is 99.2 Å². The summed E-state index contributed by atoms with van der Waals surface area (Å²) in [7, 11) is -3.23. The van der Waals surface area contributed by atoms with Gasteiger partial charge in [-0.15, -0.1) is 0 Å². The molecule has 0 aliphatic rings. The van der Waals surface area contributed by atoms with Crippen molar-refractivity contribution in [3.05, 3.63) is 112 Å². The maximum atomic E-state index is 14.3. The molecule has 13 heteroatoms. The molecule has 4 aromatic rings. The molecule has 0 aliphatic heterocycles. The largest absolute Gasteiger partial charge is 0.619 e. The highest BCUT2D eigenvalue weighted by atomic mass is 32.2. The monoisotopic (exact) mass is 548 g/mol. The number of aromatic nitrogens is 3. The average Bonchev–Trinajstić information content (AvgIpc) is 3.32. The third kappa shape index (κ3) is 5.23. The fourth-order valence-corrected chi connectivity index (χ4v) is 5.28. The Balaban J connectivity index is 1.78. The molecule has 0 atom stereocenters. The SMILES string of the molecule is Cc1c[n+]([O-])ccc1CN(C)C(=O)c1cnc(S(=O)(=O)Cc2c(F)ccc(F)c2F)n1-c1ccc(F)cc1. The molecule has 1 amide bonds. The lowest BCUT2D eigenvalue weighted by atomic mass is 10.1. The number of carbonyl (C=O) groups excluding carboxylic acids is 1. The molecule has 0 radical (unpaired) electrons. The average molecular weight is 549 g/mol. The van der Waals surface area contributed by atoms with Crippen LogP contribution in [0.15, 0.2) is 66.2 Å².